The summed E-state index contributed by atoms with van der Waals surface area (Å²) in [5.74, 6) is -0.516. The first-order valence-corrected chi connectivity index (χ1v) is 6.04. The molecule has 0 spiro atoms. The lowest BCUT2D eigenvalue weighted by atomic mass is 10.0. The molecule has 1 aliphatic rings. The van der Waals surface area contributed by atoms with E-state index >= 15 is 0 Å². The van der Waals surface area contributed by atoms with Crippen molar-refractivity contribution in [3.05, 3.63) is 0 Å². The third-order valence-corrected chi connectivity index (χ3v) is 2.86. The summed E-state index contributed by atoms with van der Waals surface area (Å²) in [5, 5.41) is 5.84. The van der Waals surface area contributed by atoms with E-state index in [-0.39, 0.29) is 12.4 Å². The molecule has 0 radical (unpaired) electrons. The number of nitrogens with one attached hydrogen (secondary N) is 2. The molecule has 1 atom stereocenters. The molecule has 1 fully saturated rings. The van der Waals surface area contributed by atoms with Gasteiger partial charge in [-0.1, -0.05) is 6.42 Å². The van der Waals surface area contributed by atoms with Crippen molar-refractivity contribution < 1.29 is 18.0 Å². The van der Waals surface area contributed by atoms with Crippen molar-refractivity contribution in [3.8, 4) is 0 Å². The molecular weight excluding hydrogens is 269 g/mol. The minimum Gasteiger partial charge on any atom is -0.356 e. The minimum absolute atomic E-state index is 0. The van der Waals surface area contributed by atoms with E-state index in [0.717, 1.165) is 19.4 Å². The summed E-state index contributed by atoms with van der Waals surface area (Å²) < 4.78 is 35.5. The zero-order chi connectivity index (χ0) is 12.7. The highest BCUT2D eigenvalue weighted by molar-refractivity contribution is 5.85. The number of piperidine rings is 1. The molecule has 0 aromatic heterocycles. The Labute approximate surface area is 111 Å². The zero-order valence-electron chi connectivity index (χ0n) is 10.2. The van der Waals surface area contributed by atoms with Crippen LogP contribution in [-0.4, -0.2) is 31.2 Å². The van der Waals surface area contributed by atoms with E-state index in [1.165, 1.54) is 12.8 Å². The van der Waals surface area contributed by atoms with Crippen LogP contribution < -0.4 is 10.6 Å². The molecule has 0 saturated carbocycles. The molecule has 0 aromatic carbocycles. The predicted molar refractivity (Wildman–Crippen MR) is 65.8 cm³/mol. The van der Waals surface area contributed by atoms with E-state index in [4.69, 9.17) is 0 Å². The molecule has 1 unspecified atom stereocenters. The van der Waals surface area contributed by atoms with Crippen molar-refractivity contribution in [2.45, 2.75) is 50.7 Å². The Morgan fingerprint density at radius 1 is 1.33 bits per heavy atom. The van der Waals surface area contributed by atoms with Gasteiger partial charge in [0.05, 0.1) is 6.42 Å². The number of halogens is 4. The van der Waals surface area contributed by atoms with Gasteiger partial charge in [-0.2, -0.15) is 13.2 Å². The monoisotopic (exact) mass is 288 g/mol. The fourth-order valence-corrected chi connectivity index (χ4v) is 1.90. The van der Waals surface area contributed by atoms with Crippen molar-refractivity contribution in [1.82, 2.24) is 10.6 Å². The van der Waals surface area contributed by atoms with E-state index in [2.05, 4.69) is 10.6 Å². The lowest BCUT2D eigenvalue weighted by Gasteiger charge is -2.23. The van der Waals surface area contributed by atoms with E-state index in [1.54, 1.807) is 0 Å². The number of amides is 1. The topological polar surface area (TPSA) is 41.1 Å². The Bertz CT molecular complexity index is 243. The van der Waals surface area contributed by atoms with E-state index in [9.17, 15) is 18.0 Å². The van der Waals surface area contributed by atoms with Gasteiger partial charge < -0.3 is 10.6 Å². The molecule has 1 amide bonds. The smallest absolute Gasteiger partial charge is 0.356 e. The third kappa shape index (κ3) is 8.58. The van der Waals surface area contributed by atoms with Crippen LogP contribution in [0.3, 0.4) is 0 Å². The van der Waals surface area contributed by atoms with E-state index in [0.29, 0.717) is 12.6 Å². The maximum Gasteiger partial charge on any atom is 0.389 e. The third-order valence-electron chi connectivity index (χ3n) is 2.86. The quantitative estimate of drug-likeness (QED) is 0.816. The molecule has 0 aromatic rings. The molecule has 2 N–H and O–H groups in total. The Balaban J connectivity index is 0.00000289. The van der Waals surface area contributed by atoms with Crippen LogP contribution in [0.2, 0.25) is 0 Å². The molecule has 1 heterocycles. The molecule has 18 heavy (non-hydrogen) atoms. The molecule has 0 aliphatic carbocycles. The van der Waals surface area contributed by atoms with Crippen LogP contribution in [-0.2, 0) is 4.79 Å². The molecule has 3 nitrogen and oxygen atoms in total. The summed E-state index contributed by atoms with van der Waals surface area (Å²) in [6, 6.07) is 0.395. The number of hydrogen-bond acceptors (Lipinski definition) is 2. The largest absolute Gasteiger partial charge is 0.389 e. The van der Waals surface area contributed by atoms with Gasteiger partial charge in [0.15, 0.2) is 0 Å². The van der Waals surface area contributed by atoms with Gasteiger partial charge in [-0.05, 0) is 25.8 Å². The van der Waals surface area contributed by atoms with Crippen molar-refractivity contribution in [3.63, 3.8) is 0 Å². The summed E-state index contributed by atoms with van der Waals surface area (Å²) in [7, 11) is 0. The van der Waals surface area contributed by atoms with E-state index in [1.807, 2.05) is 0 Å². The van der Waals surface area contributed by atoms with Gasteiger partial charge in [0.25, 0.3) is 0 Å². The summed E-state index contributed by atoms with van der Waals surface area (Å²) in [6.07, 6.45) is -1.53. The van der Waals surface area contributed by atoms with Gasteiger partial charge in [0.2, 0.25) is 5.91 Å². The van der Waals surface area contributed by atoms with Gasteiger partial charge in [-0.25, -0.2) is 0 Å². The van der Waals surface area contributed by atoms with Crippen molar-refractivity contribution in [2.75, 3.05) is 13.1 Å². The van der Waals surface area contributed by atoms with Crippen molar-refractivity contribution in [2.24, 2.45) is 0 Å². The summed E-state index contributed by atoms with van der Waals surface area (Å²) >= 11 is 0. The van der Waals surface area contributed by atoms with Crippen LogP contribution >= 0.6 is 12.4 Å². The molecule has 1 saturated heterocycles. The molecule has 108 valence electrons. The first-order valence-electron chi connectivity index (χ1n) is 6.04. The first kappa shape index (κ1) is 17.5. The standard InChI is InChI=1S/C11H19F3N2O.ClH/c12-11(13,14)6-4-10(17)16-8-5-9-3-1-2-7-15-9;/h9,15H,1-8H2,(H,16,17);1H. The summed E-state index contributed by atoms with van der Waals surface area (Å²) in [4.78, 5) is 11.1. The zero-order valence-corrected chi connectivity index (χ0v) is 11.0. The Morgan fingerprint density at radius 2 is 2.06 bits per heavy atom. The lowest BCUT2D eigenvalue weighted by Crippen LogP contribution is -2.37. The minimum atomic E-state index is -4.25. The normalized spacial score (nSPS) is 20.1. The number of carbonyl (C=O) groups is 1. The molecule has 1 aliphatic heterocycles. The van der Waals surface area contributed by atoms with E-state index < -0.39 is 24.9 Å². The first-order chi connectivity index (χ1) is 7.97. The number of rotatable bonds is 5. The van der Waals surface area contributed by atoms with Crippen molar-refractivity contribution in [1.29, 1.82) is 0 Å². The Hall–Kier alpha value is -0.490. The second kappa shape index (κ2) is 8.58. The second-order valence-corrected chi connectivity index (χ2v) is 4.40. The highest BCUT2D eigenvalue weighted by atomic mass is 35.5. The van der Waals surface area contributed by atoms with Crippen LogP contribution in [0.15, 0.2) is 0 Å². The average Bonchev–Trinajstić information content (AvgIpc) is 2.27. The number of carbonyl (C=O) groups excluding carboxylic acids is 1. The lowest BCUT2D eigenvalue weighted by molar-refractivity contribution is -0.144. The molecule has 1 rings (SSSR count). The van der Waals surface area contributed by atoms with Crippen LogP contribution in [0.5, 0.6) is 0 Å². The molecule has 7 heteroatoms. The van der Waals surface area contributed by atoms with Gasteiger partial charge in [-0.15, -0.1) is 12.4 Å². The Kier molecular flexibility index (Phi) is 8.35. The van der Waals surface area contributed by atoms with Gasteiger partial charge in [0.1, 0.15) is 0 Å². The SMILES string of the molecule is Cl.O=C(CCC(F)(F)F)NCCC1CCCCN1. The van der Waals surface area contributed by atoms with Crippen molar-refractivity contribution >= 4 is 18.3 Å². The van der Waals surface area contributed by atoms with Gasteiger partial charge >= 0.3 is 6.18 Å². The number of hydrogen-bond donors (Lipinski definition) is 2. The van der Waals surface area contributed by atoms with Crippen LogP contribution in [0.25, 0.3) is 0 Å². The van der Waals surface area contributed by atoms with Crippen LogP contribution in [0, 0.1) is 0 Å². The highest BCUT2D eigenvalue weighted by Gasteiger charge is 2.27. The van der Waals surface area contributed by atoms with Gasteiger partial charge in [0, 0.05) is 19.0 Å². The molecule has 0 bridgehead atoms. The summed E-state index contributed by atoms with van der Waals surface area (Å²) in [6.45, 7) is 1.45. The fraction of sp³-hybridized carbons (Fsp3) is 0.909. The average molecular weight is 289 g/mol. The molecular formula is C11H20ClF3N2O. The van der Waals surface area contributed by atoms with Gasteiger partial charge in [-0.3, -0.25) is 4.79 Å². The van der Waals surface area contributed by atoms with Crippen LogP contribution in [0.1, 0.15) is 38.5 Å². The number of alkyl halides is 3. The Morgan fingerprint density at radius 3 is 2.61 bits per heavy atom. The second-order valence-electron chi connectivity index (χ2n) is 4.40. The van der Waals surface area contributed by atoms with Crippen LogP contribution in [0.4, 0.5) is 13.2 Å². The maximum absolute atomic E-state index is 11.8. The maximum atomic E-state index is 11.8. The fourth-order valence-electron chi connectivity index (χ4n) is 1.90. The highest BCUT2D eigenvalue weighted by Crippen LogP contribution is 2.20. The predicted octanol–water partition coefficient (Wildman–Crippen LogP) is 2.40. The summed E-state index contributed by atoms with van der Waals surface area (Å²) in [5.41, 5.74) is 0.